The normalized spacial score (nSPS) is 15.2. The Morgan fingerprint density at radius 2 is 2.00 bits per heavy atom. The standard InChI is InChI=1S/C15H17N5O2S2/c1-2-10-3-7-12(8-4-10)24(21,22)16-9-13-19-20-14(11-5-6-11)17-18-15(20)23-13/h3-4,7-8,11,16H,2,5-6,9H2,1H3. The van der Waals surface area contributed by atoms with Gasteiger partial charge in [0.25, 0.3) is 0 Å². The van der Waals surface area contributed by atoms with Crippen molar-refractivity contribution in [2.75, 3.05) is 0 Å². The van der Waals surface area contributed by atoms with Crippen LogP contribution in [0.5, 0.6) is 0 Å². The number of sulfonamides is 1. The van der Waals surface area contributed by atoms with Crippen molar-refractivity contribution in [1.82, 2.24) is 24.5 Å². The van der Waals surface area contributed by atoms with Crippen LogP contribution >= 0.6 is 11.3 Å². The van der Waals surface area contributed by atoms with Gasteiger partial charge in [-0.3, -0.25) is 0 Å². The van der Waals surface area contributed by atoms with Crippen molar-refractivity contribution in [2.45, 2.75) is 43.5 Å². The van der Waals surface area contributed by atoms with E-state index in [1.807, 2.05) is 19.1 Å². The van der Waals surface area contributed by atoms with Crippen molar-refractivity contribution < 1.29 is 8.42 Å². The first-order chi connectivity index (χ1) is 11.6. The van der Waals surface area contributed by atoms with Crippen molar-refractivity contribution in [2.24, 2.45) is 0 Å². The van der Waals surface area contributed by atoms with Crippen LogP contribution in [-0.2, 0) is 23.0 Å². The summed E-state index contributed by atoms with van der Waals surface area (Å²) in [5.41, 5.74) is 1.11. The lowest BCUT2D eigenvalue weighted by Gasteiger charge is -2.05. The SMILES string of the molecule is CCc1ccc(S(=O)(=O)NCc2nn3c(C4CC4)nnc3s2)cc1. The number of hydrogen-bond donors (Lipinski definition) is 1. The summed E-state index contributed by atoms with van der Waals surface area (Å²) in [4.78, 5) is 0.972. The maximum atomic E-state index is 12.4. The molecule has 9 heteroatoms. The molecule has 7 nitrogen and oxygen atoms in total. The fraction of sp³-hybridized carbons (Fsp3) is 0.400. The van der Waals surface area contributed by atoms with Crippen LogP contribution in [0.15, 0.2) is 29.2 Å². The van der Waals surface area contributed by atoms with E-state index >= 15 is 0 Å². The summed E-state index contributed by atoms with van der Waals surface area (Å²) in [5.74, 6) is 1.33. The fourth-order valence-corrected chi connectivity index (χ4v) is 4.34. The molecule has 0 atom stereocenters. The highest BCUT2D eigenvalue weighted by atomic mass is 32.2. The molecule has 1 N–H and O–H groups in total. The van der Waals surface area contributed by atoms with Gasteiger partial charge in [0.05, 0.1) is 11.4 Å². The topological polar surface area (TPSA) is 89.2 Å². The van der Waals surface area contributed by atoms with E-state index in [9.17, 15) is 8.42 Å². The average Bonchev–Trinajstić information content (AvgIpc) is 3.22. The lowest BCUT2D eigenvalue weighted by molar-refractivity contribution is 0.580. The molecule has 0 radical (unpaired) electrons. The van der Waals surface area contributed by atoms with Gasteiger partial charge >= 0.3 is 0 Å². The Kier molecular flexibility index (Phi) is 3.86. The Morgan fingerprint density at radius 1 is 1.25 bits per heavy atom. The molecule has 126 valence electrons. The first-order valence-corrected chi connectivity index (χ1v) is 10.2. The van der Waals surface area contributed by atoms with Crippen molar-refractivity contribution in [3.63, 3.8) is 0 Å². The Bertz CT molecular complexity index is 971. The van der Waals surface area contributed by atoms with Crippen LogP contribution in [0.4, 0.5) is 0 Å². The molecule has 4 rings (SSSR count). The highest BCUT2D eigenvalue weighted by Crippen LogP contribution is 2.39. The number of nitrogens with zero attached hydrogens (tertiary/aromatic N) is 4. The smallest absolute Gasteiger partial charge is 0.207 e. The number of rotatable bonds is 6. The highest BCUT2D eigenvalue weighted by molar-refractivity contribution is 7.89. The third-order valence-electron chi connectivity index (χ3n) is 4.05. The van der Waals surface area contributed by atoms with Gasteiger partial charge in [-0.2, -0.15) is 9.61 Å². The van der Waals surface area contributed by atoms with E-state index in [0.717, 1.165) is 30.7 Å². The van der Waals surface area contributed by atoms with Crippen molar-refractivity contribution >= 4 is 26.3 Å². The lowest BCUT2D eigenvalue weighted by atomic mass is 10.2. The molecular weight excluding hydrogens is 346 g/mol. The van der Waals surface area contributed by atoms with Crippen LogP contribution in [0.2, 0.25) is 0 Å². The molecule has 2 aromatic heterocycles. The Balaban J connectivity index is 1.50. The minimum absolute atomic E-state index is 0.149. The zero-order chi connectivity index (χ0) is 16.7. The first kappa shape index (κ1) is 15.7. The summed E-state index contributed by atoms with van der Waals surface area (Å²) in [5, 5.41) is 13.4. The summed E-state index contributed by atoms with van der Waals surface area (Å²) in [6.07, 6.45) is 3.12. The van der Waals surface area contributed by atoms with Crippen molar-refractivity contribution in [3.8, 4) is 0 Å². The minimum Gasteiger partial charge on any atom is -0.207 e. The third-order valence-corrected chi connectivity index (χ3v) is 6.37. The molecule has 0 unspecified atom stereocenters. The molecule has 1 fully saturated rings. The Hall–Kier alpha value is -1.84. The molecule has 0 aliphatic heterocycles. The van der Waals surface area contributed by atoms with Gasteiger partial charge in [0, 0.05) is 5.92 Å². The van der Waals surface area contributed by atoms with Gasteiger partial charge in [0.1, 0.15) is 5.01 Å². The molecular formula is C15H17N5O2S2. The molecule has 0 saturated heterocycles. The quantitative estimate of drug-likeness (QED) is 0.724. The molecule has 1 aliphatic rings. The van der Waals surface area contributed by atoms with Crippen LogP contribution in [0.1, 0.15) is 42.1 Å². The summed E-state index contributed by atoms with van der Waals surface area (Å²) in [6, 6.07) is 6.93. The predicted octanol–water partition coefficient (Wildman–Crippen LogP) is 2.10. The largest absolute Gasteiger partial charge is 0.240 e. The molecule has 1 aromatic carbocycles. The average molecular weight is 363 g/mol. The van der Waals surface area contributed by atoms with Gasteiger partial charge in [0.2, 0.25) is 15.0 Å². The fourth-order valence-electron chi connectivity index (χ4n) is 2.48. The molecule has 1 saturated carbocycles. The number of hydrogen-bond acceptors (Lipinski definition) is 6. The van der Waals surface area contributed by atoms with Gasteiger partial charge in [-0.1, -0.05) is 30.4 Å². The summed E-state index contributed by atoms with van der Waals surface area (Å²) in [6.45, 7) is 2.18. The maximum absolute atomic E-state index is 12.4. The van der Waals surface area contributed by atoms with E-state index in [1.54, 1.807) is 16.6 Å². The van der Waals surface area contributed by atoms with Crippen molar-refractivity contribution in [1.29, 1.82) is 0 Å². The number of benzene rings is 1. The summed E-state index contributed by atoms with van der Waals surface area (Å²) < 4.78 is 29.1. The van der Waals surface area contributed by atoms with E-state index in [2.05, 4.69) is 20.0 Å². The lowest BCUT2D eigenvalue weighted by Crippen LogP contribution is -2.23. The van der Waals surface area contributed by atoms with Crippen LogP contribution < -0.4 is 4.72 Å². The van der Waals surface area contributed by atoms with E-state index in [0.29, 0.717) is 15.9 Å². The van der Waals surface area contributed by atoms with Crippen LogP contribution in [0.3, 0.4) is 0 Å². The zero-order valence-electron chi connectivity index (χ0n) is 13.1. The molecule has 0 bridgehead atoms. The number of nitrogens with one attached hydrogen (secondary N) is 1. The second kappa shape index (κ2) is 5.91. The molecule has 3 aromatic rings. The maximum Gasteiger partial charge on any atom is 0.240 e. The predicted molar refractivity (Wildman–Crippen MR) is 90.5 cm³/mol. The monoisotopic (exact) mass is 363 g/mol. The van der Waals surface area contributed by atoms with E-state index in [4.69, 9.17) is 0 Å². The van der Waals surface area contributed by atoms with E-state index < -0.39 is 10.0 Å². The van der Waals surface area contributed by atoms with Gasteiger partial charge < -0.3 is 0 Å². The van der Waals surface area contributed by atoms with Crippen LogP contribution in [0, 0.1) is 0 Å². The summed E-state index contributed by atoms with van der Waals surface area (Å²) in [7, 11) is -3.55. The minimum atomic E-state index is -3.55. The van der Waals surface area contributed by atoms with Crippen LogP contribution in [-0.4, -0.2) is 28.2 Å². The number of aryl methyl sites for hydroxylation is 1. The second-order valence-corrected chi connectivity index (χ2v) is 8.65. The summed E-state index contributed by atoms with van der Waals surface area (Å²) >= 11 is 1.36. The Labute approximate surface area is 143 Å². The van der Waals surface area contributed by atoms with Gasteiger partial charge in [-0.15, -0.1) is 10.2 Å². The highest BCUT2D eigenvalue weighted by Gasteiger charge is 2.30. The van der Waals surface area contributed by atoms with Crippen LogP contribution in [0.25, 0.3) is 4.96 Å². The van der Waals surface area contributed by atoms with Gasteiger partial charge in [-0.05, 0) is 37.0 Å². The Morgan fingerprint density at radius 3 is 2.67 bits per heavy atom. The molecule has 1 aliphatic carbocycles. The third kappa shape index (κ3) is 2.94. The number of fused-ring (bicyclic) bond motifs is 1. The first-order valence-electron chi connectivity index (χ1n) is 7.86. The molecule has 2 heterocycles. The number of aromatic nitrogens is 4. The molecule has 0 amide bonds. The van der Waals surface area contributed by atoms with Crippen molar-refractivity contribution in [3.05, 3.63) is 40.7 Å². The zero-order valence-corrected chi connectivity index (χ0v) is 14.8. The van der Waals surface area contributed by atoms with E-state index in [1.165, 1.54) is 11.3 Å². The van der Waals surface area contributed by atoms with Gasteiger partial charge in [-0.25, -0.2) is 13.1 Å². The van der Waals surface area contributed by atoms with Gasteiger partial charge in [0.15, 0.2) is 5.82 Å². The molecule has 0 spiro atoms. The second-order valence-electron chi connectivity index (χ2n) is 5.84. The van der Waals surface area contributed by atoms with E-state index in [-0.39, 0.29) is 11.4 Å². The molecule has 24 heavy (non-hydrogen) atoms.